The van der Waals surface area contributed by atoms with Crippen molar-refractivity contribution in [2.24, 2.45) is 5.92 Å². The number of hydrogen-bond donors (Lipinski definition) is 1. The van der Waals surface area contributed by atoms with Crippen molar-refractivity contribution < 1.29 is 13.2 Å². The molecule has 0 amide bonds. The summed E-state index contributed by atoms with van der Waals surface area (Å²) in [4.78, 5) is 9.18. The molecular formula is C21H23N3O3S. The van der Waals surface area contributed by atoms with E-state index < -0.39 is 10.0 Å². The largest absolute Gasteiger partial charge is 0.475 e. The van der Waals surface area contributed by atoms with E-state index in [1.165, 1.54) is 12.8 Å². The molecule has 0 bridgehead atoms. The minimum atomic E-state index is -3.80. The molecule has 3 aromatic rings. The zero-order chi connectivity index (χ0) is 19.6. The van der Waals surface area contributed by atoms with Gasteiger partial charge in [-0.3, -0.25) is 4.72 Å². The molecule has 0 saturated heterocycles. The third-order valence-electron chi connectivity index (χ3n) is 5.00. The quantitative estimate of drug-likeness (QED) is 0.670. The number of fused-ring (bicyclic) bond motifs is 1. The third-order valence-corrected chi connectivity index (χ3v) is 6.34. The number of nitrogens with zero attached hydrogens (tertiary/aromatic N) is 2. The van der Waals surface area contributed by atoms with Crippen LogP contribution < -0.4 is 9.46 Å². The summed E-state index contributed by atoms with van der Waals surface area (Å²) in [6.07, 6.45) is 4.69. The summed E-state index contributed by atoms with van der Waals surface area (Å²) < 4.78 is 34.2. The van der Waals surface area contributed by atoms with E-state index in [1.807, 2.05) is 31.2 Å². The molecule has 1 aliphatic rings. The van der Waals surface area contributed by atoms with E-state index in [0.717, 1.165) is 18.4 Å². The van der Waals surface area contributed by atoms with Crippen molar-refractivity contribution in [3.05, 3.63) is 54.1 Å². The van der Waals surface area contributed by atoms with Gasteiger partial charge in [-0.1, -0.05) is 37.1 Å². The first-order valence-corrected chi connectivity index (χ1v) is 11.0. The Hall–Kier alpha value is -2.67. The zero-order valence-electron chi connectivity index (χ0n) is 15.8. The standard InChI is InChI=1S/C21H23N3O3S/c1-15-7-6-10-17(13-15)28(25,26)24-20-21(27-14-16-8-2-3-9-16)23-19-12-5-4-11-18(19)22-20/h4-7,10-13,16H,2-3,8-9,14H2,1H3,(H,22,24). The lowest BCUT2D eigenvalue weighted by Gasteiger charge is -2.15. The molecule has 2 aromatic carbocycles. The maximum Gasteiger partial charge on any atom is 0.263 e. The van der Waals surface area contributed by atoms with Crippen molar-refractivity contribution in [3.63, 3.8) is 0 Å². The third kappa shape index (κ3) is 4.09. The minimum Gasteiger partial charge on any atom is -0.475 e. The molecule has 1 fully saturated rings. The van der Waals surface area contributed by atoms with Crippen LogP contribution in [-0.2, 0) is 10.0 Å². The second kappa shape index (κ2) is 7.75. The predicted octanol–water partition coefficient (Wildman–Crippen LogP) is 4.31. The van der Waals surface area contributed by atoms with Gasteiger partial charge in [0.25, 0.3) is 15.9 Å². The van der Waals surface area contributed by atoms with Gasteiger partial charge >= 0.3 is 0 Å². The number of ether oxygens (including phenoxy) is 1. The van der Waals surface area contributed by atoms with E-state index in [1.54, 1.807) is 24.3 Å². The van der Waals surface area contributed by atoms with E-state index >= 15 is 0 Å². The van der Waals surface area contributed by atoms with Crippen LogP contribution in [0.4, 0.5) is 5.82 Å². The lowest BCUT2D eigenvalue weighted by molar-refractivity contribution is 0.245. The van der Waals surface area contributed by atoms with Crippen LogP contribution in [0.25, 0.3) is 11.0 Å². The molecular weight excluding hydrogens is 374 g/mol. The number of para-hydroxylation sites is 2. The van der Waals surface area contributed by atoms with Crippen molar-refractivity contribution in [1.29, 1.82) is 0 Å². The molecule has 1 aromatic heterocycles. The normalized spacial score (nSPS) is 15.0. The summed E-state index contributed by atoms with van der Waals surface area (Å²) in [6, 6.07) is 14.1. The highest BCUT2D eigenvalue weighted by molar-refractivity contribution is 7.92. The van der Waals surface area contributed by atoms with E-state index in [-0.39, 0.29) is 16.6 Å². The molecule has 28 heavy (non-hydrogen) atoms. The molecule has 0 atom stereocenters. The van der Waals surface area contributed by atoms with Crippen molar-refractivity contribution >= 4 is 26.9 Å². The Labute approximate surface area is 165 Å². The van der Waals surface area contributed by atoms with Crippen LogP contribution in [0.2, 0.25) is 0 Å². The second-order valence-corrected chi connectivity index (χ2v) is 8.93. The fourth-order valence-electron chi connectivity index (χ4n) is 3.49. The Kier molecular flexibility index (Phi) is 5.17. The Morgan fingerprint density at radius 2 is 1.75 bits per heavy atom. The molecule has 4 rings (SSSR count). The van der Waals surface area contributed by atoms with Crippen molar-refractivity contribution in [2.75, 3.05) is 11.3 Å². The first kappa shape index (κ1) is 18.7. The molecule has 146 valence electrons. The number of benzene rings is 2. The van der Waals surface area contributed by atoms with E-state index in [2.05, 4.69) is 14.7 Å². The molecule has 0 unspecified atom stereocenters. The summed E-state index contributed by atoms with van der Waals surface area (Å²) in [5.74, 6) is 0.828. The van der Waals surface area contributed by atoms with Gasteiger partial charge in [-0.25, -0.2) is 18.4 Å². The smallest absolute Gasteiger partial charge is 0.263 e. The van der Waals surface area contributed by atoms with Crippen molar-refractivity contribution in [3.8, 4) is 5.88 Å². The highest BCUT2D eigenvalue weighted by Crippen LogP contribution is 2.29. The Morgan fingerprint density at radius 3 is 2.46 bits per heavy atom. The molecule has 1 aliphatic carbocycles. The van der Waals surface area contributed by atoms with Crippen LogP contribution in [-0.4, -0.2) is 25.0 Å². The second-order valence-electron chi connectivity index (χ2n) is 7.25. The maximum atomic E-state index is 12.9. The summed E-state index contributed by atoms with van der Waals surface area (Å²) in [5.41, 5.74) is 2.14. The zero-order valence-corrected chi connectivity index (χ0v) is 16.6. The monoisotopic (exact) mass is 397 g/mol. The van der Waals surface area contributed by atoms with Crippen molar-refractivity contribution in [1.82, 2.24) is 9.97 Å². The summed E-state index contributed by atoms with van der Waals surface area (Å²) in [7, 11) is -3.80. The molecule has 6 nitrogen and oxygen atoms in total. The van der Waals surface area contributed by atoms with E-state index in [4.69, 9.17) is 4.74 Å². The van der Waals surface area contributed by atoms with Gasteiger partial charge in [0.2, 0.25) is 5.82 Å². The lowest BCUT2D eigenvalue weighted by atomic mass is 10.1. The Balaban J connectivity index is 1.68. The highest BCUT2D eigenvalue weighted by atomic mass is 32.2. The number of rotatable bonds is 6. The van der Waals surface area contributed by atoms with E-state index in [0.29, 0.717) is 23.6 Å². The SMILES string of the molecule is Cc1cccc(S(=O)(=O)Nc2nc3ccccc3nc2OCC2CCCC2)c1. The fraction of sp³-hybridized carbons (Fsp3) is 0.333. The van der Waals surface area contributed by atoms with E-state index in [9.17, 15) is 8.42 Å². The predicted molar refractivity (Wildman–Crippen MR) is 109 cm³/mol. The number of aromatic nitrogens is 2. The maximum absolute atomic E-state index is 12.9. The molecule has 0 spiro atoms. The van der Waals surface area contributed by atoms with Gasteiger partial charge in [0, 0.05) is 0 Å². The van der Waals surface area contributed by atoms with Crippen LogP contribution in [0.5, 0.6) is 5.88 Å². The van der Waals surface area contributed by atoms with Gasteiger partial charge < -0.3 is 4.74 Å². The number of sulfonamides is 1. The van der Waals surface area contributed by atoms with Crippen LogP contribution in [0.3, 0.4) is 0 Å². The molecule has 1 saturated carbocycles. The lowest BCUT2D eigenvalue weighted by Crippen LogP contribution is -2.17. The number of hydrogen-bond acceptors (Lipinski definition) is 5. The first-order valence-electron chi connectivity index (χ1n) is 9.50. The number of nitrogens with one attached hydrogen (secondary N) is 1. The first-order chi connectivity index (χ1) is 13.5. The van der Waals surface area contributed by atoms with Crippen molar-refractivity contribution in [2.45, 2.75) is 37.5 Å². The molecule has 0 aliphatic heterocycles. The summed E-state index contributed by atoms with van der Waals surface area (Å²) in [5, 5.41) is 0. The Bertz CT molecular complexity index is 1090. The number of anilines is 1. The fourth-order valence-corrected chi connectivity index (χ4v) is 4.60. The van der Waals surface area contributed by atoms with Gasteiger partial charge in [0.1, 0.15) is 0 Å². The van der Waals surface area contributed by atoms with Crippen LogP contribution >= 0.6 is 0 Å². The molecule has 7 heteroatoms. The van der Waals surface area contributed by atoms with Gasteiger partial charge in [0.05, 0.1) is 22.5 Å². The van der Waals surface area contributed by atoms with Crippen LogP contribution in [0.1, 0.15) is 31.2 Å². The summed E-state index contributed by atoms with van der Waals surface area (Å²) in [6.45, 7) is 2.37. The summed E-state index contributed by atoms with van der Waals surface area (Å²) >= 11 is 0. The van der Waals surface area contributed by atoms with Crippen LogP contribution in [0, 0.1) is 12.8 Å². The van der Waals surface area contributed by atoms with Gasteiger partial charge in [-0.2, -0.15) is 0 Å². The molecule has 1 N–H and O–H groups in total. The minimum absolute atomic E-state index is 0.123. The van der Waals surface area contributed by atoms with Gasteiger partial charge in [0.15, 0.2) is 0 Å². The Morgan fingerprint density at radius 1 is 1.04 bits per heavy atom. The molecule has 1 heterocycles. The molecule has 0 radical (unpaired) electrons. The average molecular weight is 398 g/mol. The average Bonchev–Trinajstić information content (AvgIpc) is 3.20. The van der Waals surface area contributed by atoms with Crippen LogP contribution in [0.15, 0.2) is 53.4 Å². The highest BCUT2D eigenvalue weighted by Gasteiger charge is 2.22. The number of aryl methyl sites for hydroxylation is 1. The topological polar surface area (TPSA) is 81.2 Å². The van der Waals surface area contributed by atoms with Gasteiger partial charge in [-0.05, 0) is 55.5 Å². The van der Waals surface area contributed by atoms with Gasteiger partial charge in [-0.15, -0.1) is 0 Å².